The van der Waals surface area contributed by atoms with Gasteiger partial charge in [0.25, 0.3) is 11.7 Å². The SMILES string of the molecule is CCCCOc1cccc(/C(O)=C2\C(=O)C(=O)N(CCN(CC)CC)C2c2ccc(OCC)c(OC)c2)c1. The van der Waals surface area contributed by atoms with Crippen LogP contribution in [0.2, 0.25) is 0 Å². The minimum absolute atomic E-state index is 0.0477. The van der Waals surface area contributed by atoms with Gasteiger partial charge in [0.05, 0.1) is 31.9 Å². The number of carbonyl (C=O) groups excluding carboxylic acids is 2. The number of hydrogen-bond donors (Lipinski definition) is 1. The lowest BCUT2D eigenvalue weighted by Crippen LogP contribution is -2.38. The second-order valence-corrected chi connectivity index (χ2v) is 9.09. The number of ketones is 1. The molecule has 0 bridgehead atoms. The Morgan fingerprint density at radius 1 is 1.00 bits per heavy atom. The van der Waals surface area contributed by atoms with Crippen molar-refractivity contribution >= 4 is 17.4 Å². The van der Waals surface area contributed by atoms with Gasteiger partial charge in [-0.2, -0.15) is 0 Å². The first-order chi connectivity index (χ1) is 18.4. The third-order valence-corrected chi connectivity index (χ3v) is 6.77. The lowest BCUT2D eigenvalue weighted by Gasteiger charge is -2.28. The van der Waals surface area contributed by atoms with Crippen molar-refractivity contribution in [2.45, 2.75) is 46.6 Å². The van der Waals surface area contributed by atoms with E-state index in [1.54, 1.807) is 42.3 Å². The van der Waals surface area contributed by atoms with Gasteiger partial charge in [0, 0.05) is 18.7 Å². The molecule has 2 aromatic rings. The summed E-state index contributed by atoms with van der Waals surface area (Å²) in [6.45, 7) is 11.7. The number of rotatable bonds is 14. The number of likely N-dealkylation sites (tertiary alicyclic amines) is 1. The molecule has 1 saturated heterocycles. The number of methoxy groups -OCH3 is 1. The Morgan fingerprint density at radius 3 is 2.42 bits per heavy atom. The van der Waals surface area contributed by atoms with Gasteiger partial charge in [-0.3, -0.25) is 9.59 Å². The Bertz CT molecular complexity index is 1140. The van der Waals surface area contributed by atoms with Crippen molar-refractivity contribution in [1.82, 2.24) is 9.80 Å². The largest absolute Gasteiger partial charge is 0.507 e. The van der Waals surface area contributed by atoms with Gasteiger partial charge in [-0.25, -0.2) is 0 Å². The van der Waals surface area contributed by atoms with Crippen molar-refractivity contribution in [3.63, 3.8) is 0 Å². The Kier molecular flexibility index (Phi) is 10.6. The number of aliphatic hydroxyl groups excluding tert-OH is 1. The van der Waals surface area contributed by atoms with Gasteiger partial charge < -0.3 is 29.1 Å². The molecule has 0 spiro atoms. The fraction of sp³-hybridized carbons (Fsp3) is 0.467. The van der Waals surface area contributed by atoms with Gasteiger partial charge in [-0.05, 0) is 56.3 Å². The average Bonchev–Trinajstić information content (AvgIpc) is 3.19. The van der Waals surface area contributed by atoms with E-state index in [0.717, 1.165) is 25.9 Å². The zero-order valence-corrected chi connectivity index (χ0v) is 23.2. The van der Waals surface area contributed by atoms with E-state index in [9.17, 15) is 14.7 Å². The van der Waals surface area contributed by atoms with Crippen molar-refractivity contribution < 1.29 is 28.9 Å². The summed E-state index contributed by atoms with van der Waals surface area (Å²) in [4.78, 5) is 30.5. The zero-order valence-electron chi connectivity index (χ0n) is 23.2. The Hall–Kier alpha value is -3.52. The molecule has 0 aliphatic carbocycles. The predicted octanol–water partition coefficient (Wildman–Crippen LogP) is 5.04. The van der Waals surface area contributed by atoms with Gasteiger partial charge in [0.1, 0.15) is 11.5 Å². The van der Waals surface area contributed by atoms with Gasteiger partial charge in [0.15, 0.2) is 11.5 Å². The van der Waals surface area contributed by atoms with E-state index >= 15 is 0 Å². The summed E-state index contributed by atoms with van der Waals surface area (Å²) < 4.78 is 17.0. The molecule has 3 rings (SSSR count). The molecule has 206 valence electrons. The molecule has 1 heterocycles. The molecule has 8 heteroatoms. The number of unbranched alkanes of at least 4 members (excludes halogenated alkanes) is 1. The molecule has 2 aromatic carbocycles. The first-order valence-electron chi connectivity index (χ1n) is 13.4. The van der Waals surface area contributed by atoms with E-state index in [0.29, 0.717) is 54.7 Å². The molecule has 0 radical (unpaired) electrons. The number of carbonyl (C=O) groups is 2. The lowest BCUT2D eigenvalue weighted by molar-refractivity contribution is -0.140. The smallest absolute Gasteiger partial charge is 0.295 e. The number of benzene rings is 2. The number of amides is 1. The highest BCUT2D eigenvalue weighted by atomic mass is 16.5. The molecule has 38 heavy (non-hydrogen) atoms. The highest BCUT2D eigenvalue weighted by Crippen LogP contribution is 2.42. The molecule has 1 atom stereocenters. The lowest BCUT2D eigenvalue weighted by atomic mass is 9.95. The fourth-order valence-electron chi connectivity index (χ4n) is 4.60. The van der Waals surface area contributed by atoms with Crippen LogP contribution in [-0.2, 0) is 9.59 Å². The van der Waals surface area contributed by atoms with Crippen LogP contribution in [0.3, 0.4) is 0 Å². The molecule has 0 saturated carbocycles. The van der Waals surface area contributed by atoms with Crippen LogP contribution in [0.15, 0.2) is 48.0 Å². The summed E-state index contributed by atoms with van der Waals surface area (Å²) in [5.74, 6) is 0.0786. The highest BCUT2D eigenvalue weighted by molar-refractivity contribution is 6.46. The van der Waals surface area contributed by atoms with Crippen LogP contribution in [0.5, 0.6) is 17.2 Å². The maximum atomic E-state index is 13.4. The summed E-state index contributed by atoms with van der Waals surface area (Å²) in [5.41, 5.74) is 1.12. The van der Waals surface area contributed by atoms with Crippen LogP contribution in [0.1, 0.15) is 57.7 Å². The minimum Gasteiger partial charge on any atom is -0.507 e. The second-order valence-electron chi connectivity index (χ2n) is 9.09. The van der Waals surface area contributed by atoms with E-state index < -0.39 is 17.7 Å². The van der Waals surface area contributed by atoms with E-state index in [-0.39, 0.29) is 11.3 Å². The summed E-state index contributed by atoms with van der Waals surface area (Å²) in [6.07, 6.45) is 1.91. The quantitative estimate of drug-likeness (QED) is 0.160. The van der Waals surface area contributed by atoms with Crippen molar-refractivity contribution in [3.05, 3.63) is 59.2 Å². The summed E-state index contributed by atoms with van der Waals surface area (Å²) in [7, 11) is 1.54. The van der Waals surface area contributed by atoms with E-state index in [1.807, 2.05) is 19.1 Å². The first-order valence-corrected chi connectivity index (χ1v) is 13.4. The maximum Gasteiger partial charge on any atom is 0.295 e. The molecular formula is C30H40N2O6. The average molecular weight is 525 g/mol. The fourth-order valence-corrected chi connectivity index (χ4v) is 4.60. The van der Waals surface area contributed by atoms with Gasteiger partial charge in [0.2, 0.25) is 0 Å². The monoisotopic (exact) mass is 524 g/mol. The normalized spacial score (nSPS) is 16.8. The maximum absolute atomic E-state index is 13.4. The van der Waals surface area contributed by atoms with Crippen molar-refractivity contribution in [2.24, 2.45) is 0 Å². The Labute approximate surface area is 225 Å². The molecule has 1 amide bonds. The Balaban J connectivity index is 2.10. The van der Waals surface area contributed by atoms with Crippen LogP contribution in [-0.4, -0.2) is 73.1 Å². The van der Waals surface area contributed by atoms with Gasteiger partial charge in [-0.1, -0.05) is 45.4 Å². The molecule has 8 nitrogen and oxygen atoms in total. The van der Waals surface area contributed by atoms with Crippen LogP contribution in [0, 0.1) is 0 Å². The molecule has 1 fully saturated rings. The third-order valence-electron chi connectivity index (χ3n) is 6.77. The second kappa shape index (κ2) is 13.9. The topological polar surface area (TPSA) is 88.5 Å². The number of Topliss-reactive ketones (excluding diaryl/α,β-unsaturated/α-hetero) is 1. The molecular weight excluding hydrogens is 484 g/mol. The number of hydrogen-bond acceptors (Lipinski definition) is 7. The van der Waals surface area contributed by atoms with Crippen LogP contribution in [0.4, 0.5) is 0 Å². The van der Waals surface area contributed by atoms with E-state index in [4.69, 9.17) is 14.2 Å². The van der Waals surface area contributed by atoms with Gasteiger partial charge >= 0.3 is 0 Å². The summed E-state index contributed by atoms with van der Waals surface area (Å²) in [6, 6.07) is 11.6. The van der Waals surface area contributed by atoms with Crippen LogP contribution in [0.25, 0.3) is 5.76 Å². The number of ether oxygens (including phenoxy) is 3. The number of nitrogens with zero attached hydrogens (tertiary/aromatic N) is 2. The standard InChI is InChI=1S/C30H40N2O6/c1-6-10-18-38-23-13-11-12-22(19-23)28(33)26-27(21-14-15-24(37-9-4)25(20-21)36-5)32(30(35)29(26)34)17-16-31(7-2)8-3/h11-15,19-20,27,33H,6-10,16-18H2,1-5H3/b28-26+. The zero-order chi connectivity index (χ0) is 27.7. The van der Waals surface area contributed by atoms with Crippen molar-refractivity contribution in [2.75, 3.05) is 46.5 Å². The molecule has 0 aromatic heterocycles. The number of likely N-dealkylation sites (N-methyl/N-ethyl adjacent to an activating group) is 1. The van der Waals surface area contributed by atoms with E-state index in [1.165, 1.54) is 0 Å². The highest BCUT2D eigenvalue weighted by Gasteiger charge is 2.46. The van der Waals surface area contributed by atoms with Crippen molar-refractivity contribution in [1.29, 1.82) is 0 Å². The van der Waals surface area contributed by atoms with Crippen molar-refractivity contribution in [3.8, 4) is 17.2 Å². The van der Waals surface area contributed by atoms with Gasteiger partial charge in [-0.15, -0.1) is 0 Å². The predicted molar refractivity (Wildman–Crippen MR) is 148 cm³/mol. The Morgan fingerprint density at radius 2 is 1.76 bits per heavy atom. The number of aliphatic hydroxyl groups is 1. The van der Waals surface area contributed by atoms with Crippen LogP contribution < -0.4 is 14.2 Å². The third kappa shape index (κ3) is 6.48. The summed E-state index contributed by atoms with van der Waals surface area (Å²) >= 11 is 0. The summed E-state index contributed by atoms with van der Waals surface area (Å²) in [5, 5.41) is 11.4. The van der Waals surface area contributed by atoms with E-state index in [2.05, 4.69) is 25.7 Å². The first kappa shape index (κ1) is 29.0. The van der Waals surface area contributed by atoms with Crippen LogP contribution >= 0.6 is 0 Å². The minimum atomic E-state index is -0.778. The molecule has 1 aliphatic rings. The molecule has 1 N–H and O–H groups in total. The molecule has 1 unspecified atom stereocenters. The molecule has 1 aliphatic heterocycles.